The van der Waals surface area contributed by atoms with Gasteiger partial charge >= 0.3 is 0 Å². The van der Waals surface area contributed by atoms with E-state index in [1.165, 1.54) is 0 Å². The summed E-state index contributed by atoms with van der Waals surface area (Å²) in [6.45, 7) is 4.73. The van der Waals surface area contributed by atoms with Crippen LogP contribution < -0.4 is 5.73 Å². The fourth-order valence-corrected chi connectivity index (χ4v) is 1.39. The van der Waals surface area contributed by atoms with E-state index in [1.807, 2.05) is 6.08 Å². The zero-order valence-corrected chi connectivity index (χ0v) is 8.25. The van der Waals surface area contributed by atoms with Crippen LogP contribution in [0.2, 0.25) is 0 Å². The van der Waals surface area contributed by atoms with E-state index in [0.29, 0.717) is 18.3 Å². The summed E-state index contributed by atoms with van der Waals surface area (Å²) >= 11 is 0. The maximum absolute atomic E-state index is 11.6. The zero-order valence-electron chi connectivity index (χ0n) is 8.25. The molecule has 1 unspecified atom stereocenters. The molecule has 2 N–H and O–H groups in total. The summed E-state index contributed by atoms with van der Waals surface area (Å²) in [5, 5.41) is 0. The lowest BCUT2D eigenvalue weighted by Gasteiger charge is -2.12. The van der Waals surface area contributed by atoms with Gasteiger partial charge in [-0.05, 0) is 18.4 Å². The van der Waals surface area contributed by atoms with Gasteiger partial charge in [0.25, 0.3) is 0 Å². The van der Waals surface area contributed by atoms with Gasteiger partial charge in [-0.25, -0.2) is 0 Å². The van der Waals surface area contributed by atoms with Crippen LogP contribution in [0.4, 0.5) is 0 Å². The molecule has 1 aliphatic rings. The molecule has 1 heterocycles. The lowest BCUT2D eigenvalue weighted by atomic mass is 10.0. The topological polar surface area (TPSA) is 52.3 Å². The normalized spacial score (nSPS) is 18.3. The predicted octanol–water partition coefficient (Wildman–Crippen LogP) is 1.23. The van der Waals surface area contributed by atoms with Crippen molar-refractivity contribution in [2.45, 2.75) is 32.7 Å². The molecule has 1 rings (SSSR count). The minimum Gasteiger partial charge on any atom is -0.490 e. The van der Waals surface area contributed by atoms with Gasteiger partial charge in [0.2, 0.25) is 5.78 Å². The summed E-state index contributed by atoms with van der Waals surface area (Å²) < 4.78 is 5.15. The molecule has 0 fully saturated rings. The standard InChI is InChI=1S/C10H17NO2/c1-7(2)6-8(11)10(12)9-4-3-5-13-9/h4,7-8H,3,5-6,11H2,1-2H3. The molecular weight excluding hydrogens is 166 g/mol. The number of nitrogens with two attached hydrogens (primary N) is 1. The van der Waals surface area contributed by atoms with E-state index in [4.69, 9.17) is 10.5 Å². The third kappa shape index (κ3) is 2.84. The van der Waals surface area contributed by atoms with Gasteiger partial charge in [0.05, 0.1) is 12.6 Å². The number of hydrogen-bond acceptors (Lipinski definition) is 3. The summed E-state index contributed by atoms with van der Waals surface area (Å²) in [5.74, 6) is 0.861. The van der Waals surface area contributed by atoms with Crippen molar-refractivity contribution in [1.29, 1.82) is 0 Å². The number of carbonyl (C=O) groups is 1. The van der Waals surface area contributed by atoms with Crippen molar-refractivity contribution in [3.05, 3.63) is 11.8 Å². The van der Waals surface area contributed by atoms with E-state index in [2.05, 4.69) is 13.8 Å². The second kappa shape index (κ2) is 4.42. The molecule has 0 bridgehead atoms. The quantitative estimate of drug-likeness (QED) is 0.713. The van der Waals surface area contributed by atoms with Crippen LogP contribution in [-0.4, -0.2) is 18.4 Å². The van der Waals surface area contributed by atoms with Crippen LogP contribution in [0.15, 0.2) is 11.8 Å². The smallest absolute Gasteiger partial charge is 0.213 e. The highest BCUT2D eigenvalue weighted by atomic mass is 16.5. The maximum Gasteiger partial charge on any atom is 0.213 e. The first-order valence-corrected chi connectivity index (χ1v) is 4.74. The summed E-state index contributed by atoms with van der Waals surface area (Å²) in [6, 6.07) is -0.399. The third-order valence-electron chi connectivity index (χ3n) is 2.01. The maximum atomic E-state index is 11.6. The fourth-order valence-electron chi connectivity index (χ4n) is 1.39. The Kier molecular flexibility index (Phi) is 3.48. The van der Waals surface area contributed by atoms with Crippen LogP contribution in [0.1, 0.15) is 26.7 Å². The molecule has 0 saturated heterocycles. The molecule has 74 valence electrons. The Balaban J connectivity index is 2.46. The summed E-state index contributed by atoms with van der Waals surface area (Å²) in [5.41, 5.74) is 5.73. The Morgan fingerprint density at radius 1 is 1.69 bits per heavy atom. The summed E-state index contributed by atoms with van der Waals surface area (Å²) in [7, 11) is 0. The SMILES string of the molecule is CC(C)CC(N)C(=O)C1=CCCO1. The number of hydrogen-bond donors (Lipinski definition) is 1. The van der Waals surface area contributed by atoms with Crippen LogP contribution in [0.3, 0.4) is 0 Å². The molecule has 0 spiro atoms. The van der Waals surface area contributed by atoms with Gasteiger partial charge in [-0.3, -0.25) is 4.79 Å². The van der Waals surface area contributed by atoms with Gasteiger partial charge in [-0.1, -0.05) is 13.8 Å². The summed E-state index contributed by atoms with van der Waals surface area (Å²) in [4.78, 5) is 11.6. The highest BCUT2D eigenvalue weighted by Gasteiger charge is 2.22. The van der Waals surface area contributed by atoms with Crippen LogP contribution in [-0.2, 0) is 9.53 Å². The molecule has 0 aromatic rings. The third-order valence-corrected chi connectivity index (χ3v) is 2.01. The Morgan fingerprint density at radius 3 is 2.85 bits per heavy atom. The monoisotopic (exact) mass is 183 g/mol. The average Bonchev–Trinajstić information content (AvgIpc) is 2.53. The molecule has 0 aromatic carbocycles. The molecular formula is C10H17NO2. The largest absolute Gasteiger partial charge is 0.490 e. The van der Waals surface area contributed by atoms with Crippen molar-refractivity contribution in [2.24, 2.45) is 11.7 Å². The number of carbonyl (C=O) groups excluding carboxylic acids is 1. The van der Waals surface area contributed by atoms with Crippen molar-refractivity contribution in [1.82, 2.24) is 0 Å². The van der Waals surface area contributed by atoms with Crippen LogP contribution in [0, 0.1) is 5.92 Å². The fraction of sp³-hybridized carbons (Fsp3) is 0.700. The first-order valence-electron chi connectivity index (χ1n) is 4.74. The van der Waals surface area contributed by atoms with Gasteiger partial charge in [0.15, 0.2) is 5.76 Å². The number of rotatable bonds is 4. The van der Waals surface area contributed by atoms with Crippen LogP contribution in [0.5, 0.6) is 0 Å². The number of ketones is 1. The molecule has 3 heteroatoms. The molecule has 0 amide bonds. The van der Waals surface area contributed by atoms with Gasteiger partial charge in [-0.15, -0.1) is 0 Å². The molecule has 0 saturated carbocycles. The van der Waals surface area contributed by atoms with Gasteiger partial charge < -0.3 is 10.5 Å². The number of ether oxygens (including phenoxy) is 1. The van der Waals surface area contributed by atoms with Gasteiger partial charge in [-0.2, -0.15) is 0 Å². The van der Waals surface area contributed by atoms with Gasteiger partial charge in [0, 0.05) is 6.42 Å². The predicted molar refractivity (Wildman–Crippen MR) is 51.1 cm³/mol. The van der Waals surface area contributed by atoms with E-state index >= 15 is 0 Å². The molecule has 0 aliphatic carbocycles. The highest BCUT2D eigenvalue weighted by molar-refractivity contribution is 5.97. The van der Waals surface area contributed by atoms with Crippen molar-refractivity contribution >= 4 is 5.78 Å². The van der Waals surface area contributed by atoms with Crippen molar-refractivity contribution in [2.75, 3.05) is 6.61 Å². The summed E-state index contributed by atoms with van der Waals surface area (Å²) in [6.07, 6.45) is 3.37. The Hall–Kier alpha value is -0.830. The zero-order chi connectivity index (χ0) is 9.84. The van der Waals surface area contributed by atoms with E-state index in [1.54, 1.807) is 0 Å². The second-order valence-electron chi connectivity index (χ2n) is 3.81. The lowest BCUT2D eigenvalue weighted by molar-refractivity contribution is -0.120. The highest BCUT2D eigenvalue weighted by Crippen LogP contribution is 2.14. The second-order valence-corrected chi connectivity index (χ2v) is 3.81. The minimum atomic E-state index is -0.399. The Bertz CT molecular complexity index is 221. The molecule has 3 nitrogen and oxygen atoms in total. The van der Waals surface area contributed by atoms with E-state index in [-0.39, 0.29) is 5.78 Å². The van der Waals surface area contributed by atoms with Crippen molar-refractivity contribution in [3.8, 4) is 0 Å². The minimum absolute atomic E-state index is 0.0498. The molecule has 0 radical (unpaired) electrons. The lowest BCUT2D eigenvalue weighted by Crippen LogP contribution is -2.33. The van der Waals surface area contributed by atoms with E-state index in [0.717, 1.165) is 12.8 Å². The molecule has 13 heavy (non-hydrogen) atoms. The first kappa shape index (κ1) is 10.3. The molecule has 1 aliphatic heterocycles. The molecule has 0 aromatic heterocycles. The van der Waals surface area contributed by atoms with Crippen LogP contribution in [0.25, 0.3) is 0 Å². The van der Waals surface area contributed by atoms with Gasteiger partial charge in [0.1, 0.15) is 0 Å². The van der Waals surface area contributed by atoms with E-state index < -0.39 is 6.04 Å². The van der Waals surface area contributed by atoms with Crippen LogP contribution >= 0.6 is 0 Å². The van der Waals surface area contributed by atoms with Crippen molar-refractivity contribution in [3.63, 3.8) is 0 Å². The first-order chi connectivity index (χ1) is 6.11. The Labute approximate surface area is 78.9 Å². The van der Waals surface area contributed by atoms with Crippen molar-refractivity contribution < 1.29 is 9.53 Å². The number of Topliss-reactive ketones (excluding diaryl/α,β-unsaturated/α-hetero) is 1. The Morgan fingerprint density at radius 2 is 2.38 bits per heavy atom. The molecule has 1 atom stereocenters. The average molecular weight is 183 g/mol. The van der Waals surface area contributed by atoms with E-state index in [9.17, 15) is 4.79 Å².